The van der Waals surface area contributed by atoms with E-state index in [2.05, 4.69) is 17.1 Å². The number of rotatable bonds is 0. The standard InChI is InChI=1S/C8H13N3/c1-5-6-3-2-4-7(9)8(6)11-10-5/h7H,2-4,9H2,1H3,(H,10,11). The smallest absolute Gasteiger partial charge is 0.0823 e. The maximum atomic E-state index is 5.88. The van der Waals surface area contributed by atoms with Crippen LogP contribution in [0.1, 0.15) is 35.8 Å². The number of nitrogens with two attached hydrogens (primary N) is 1. The third-order valence-electron chi connectivity index (χ3n) is 2.40. The number of nitrogens with zero attached hydrogens (tertiary/aromatic N) is 1. The predicted molar refractivity (Wildman–Crippen MR) is 43.2 cm³/mol. The summed E-state index contributed by atoms with van der Waals surface area (Å²) >= 11 is 0. The van der Waals surface area contributed by atoms with Crippen LogP contribution in [0.5, 0.6) is 0 Å². The highest BCUT2D eigenvalue weighted by atomic mass is 15.1. The Morgan fingerprint density at radius 2 is 2.45 bits per heavy atom. The molecule has 1 heterocycles. The van der Waals surface area contributed by atoms with Gasteiger partial charge in [0.15, 0.2) is 0 Å². The molecule has 1 aromatic heterocycles. The van der Waals surface area contributed by atoms with Crippen LogP contribution in [0.3, 0.4) is 0 Å². The van der Waals surface area contributed by atoms with Crippen molar-refractivity contribution < 1.29 is 0 Å². The molecule has 0 spiro atoms. The molecule has 0 saturated carbocycles. The number of aromatic nitrogens is 2. The topological polar surface area (TPSA) is 54.7 Å². The predicted octanol–water partition coefficient (Wildman–Crippen LogP) is 1.05. The van der Waals surface area contributed by atoms with Gasteiger partial charge in [0.1, 0.15) is 0 Å². The summed E-state index contributed by atoms with van der Waals surface area (Å²) in [5.74, 6) is 0. The van der Waals surface area contributed by atoms with E-state index in [9.17, 15) is 0 Å². The van der Waals surface area contributed by atoms with Crippen molar-refractivity contribution in [3.05, 3.63) is 17.0 Å². The van der Waals surface area contributed by atoms with Gasteiger partial charge in [-0.2, -0.15) is 5.10 Å². The highest BCUT2D eigenvalue weighted by molar-refractivity contribution is 5.28. The largest absolute Gasteiger partial charge is 0.323 e. The monoisotopic (exact) mass is 151 g/mol. The molecule has 1 aliphatic carbocycles. The van der Waals surface area contributed by atoms with Crippen molar-refractivity contribution >= 4 is 0 Å². The number of H-pyrrole nitrogens is 1. The molecule has 3 N–H and O–H groups in total. The molecular weight excluding hydrogens is 138 g/mol. The van der Waals surface area contributed by atoms with E-state index in [1.165, 1.54) is 17.7 Å². The van der Waals surface area contributed by atoms with Crippen LogP contribution in [-0.2, 0) is 6.42 Å². The normalized spacial score (nSPS) is 23.3. The first-order valence-electron chi connectivity index (χ1n) is 4.08. The van der Waals surface area contributed by atoms with Gasteiger partial charge in [0.05, 0.1) is 5.69 Å². The average Bonchev–Trinajstić information content (AvgIpc) is 2.35. The van der Waals surface area contributed by atoms with Gasteiger partial charge < -0.3 is 5.73 Å². The molecule has 3 nitrogen and oxygen atoms in total. The van der Waals surface area contributed by atoms with Gasteiger partial charge in [0.25, 0.3) is 0 Å². The fraction of sp³-hybridized carbons (Fsp3) is 0.625. The molecular formula is C8H13N3. The second kappa shape index (κ2) is 2.34. The molecule has 0 bridgehead atoms. The van der Waals surface area contributed by atoms with Crippen LogP contribution in [0.2, 0.25) is 0 Å². The lowest BCUT2D eigenvalue weighted by Crippen LogP contribution is -2.17. The van der Waals surface area contributed by atoms with Gasteiger partial charge in [-0.15, -0.1) is 0 Å². The first-order valence-corrected chi connectivity index (χ1v) is 4.08. The number of nitrogens with one attached hydrogen (secondary N) is 1. The number of hydrogen-bond donors (Lipinski definition) is 2. The minimum atomic E-state index is 0.170. The number of aromatic amines is 1. The van der Waals surface area contributed by atoms with E-state index in [0.717, 1.165) is 18.5 Å². The molecule has 1 atom stereocenters. The van der Waals surface area contributed by atoms with Crippen LogP contribution < -0.4 is 5.73 Å². The Morgan fingerprint density at radius 1 is 1.64 bits per heavy atom. The number of fused-ring (bicyclic) bond motifs is 1. The van der Waals surface area contributed by atoms with Crippen LogP contribution in [0.15, 0.2) is 0 Å². The molecule has 0 aliphatic heterocycles. The van der Waals surface area contributed by atoms with E-state index in [0.29, 0.717) is 0 Å². The highest BCUT2D eigenvalue weighted by Gasteiger charge is 2.20. The lowest BCUT2D eigenvalue weighted by Gasteiger charge is -2.16. The van der Waals surface area contributed by atoms with E-state index in [4.69, 9.17) is 5.73 Å². The van der Waals surface area contributed by atoms with Crippen molar-refractivity contribution in [2.24, 2.45) is 5.73 Å². The third-order valence-corrected chi connectivity index (χ3v) is 2.40. The van der Waals surface area contributed by atoms with Gasteiger partial charge in [-0.25, -0.2) is 0 Å². The third kappa shape index (κ3) is 0.959. The van der Waals surface area contributed by atoms with Gasteiger partial charge in [-0.3, -0.25) is 5.10 Å². The second-order valence-corrected chi connectivity index (χ2v) is 3.21. The Hall–Kier alpha value is -0.830. The molecule has 0 saturated heterocycles. The first-order chi connectivity index (χ1) is 5.29. The fourth-order valence-electron chi connectivity index (χ4n) is 1.73. The number of aryl methyl sites for hydroxylation is 1. The van der Waals surface area contributed by atoms with Gasteiger partial charge in [-0.05, 0) is 31.7 Å². The fourth-order valence-corrected chi connectivity index (χ4v) is 1.73. The Labute approximate surface area is 66.0 Å². The summed E-state index contributed by atoms with van der Waals surface area (Å²) in [5.41, 5.74) is 9.51. The van der Waals surface area contributed by atoms with E-state index in [-0.39, 0.29) is 6.04 Å². The zero-order chi connectivity index (χ0) is 7.84. The maximum absolute atomic E-state index is 5.88. The van der Waals surface area contributed by atoms with Crippen LogP contribution in [0.4, 0.5) is 0 Å². The molecule has 1 unspecified atom stereocenters. The van der Waals surface area contributed by atoms with Crippen LogP contribution in [0, 0.1) is 6.92 Å². The van der Waals surface area contributed by atoms with Gasteiger partial charge in [-0.1, -0.05) is 0 Å². The van der Waals surface area contributed by atoms with Crippen LogP contribution in [0.25, 0.3) is 0 Å². The first kappa shape index (κ1) is 6.85. The Kier molecular flexibility index (Phi) is 1.46. The number of hydrogen-bond acceptors (Lipinski definition) is 2. The van der Waals surface area contributed by atoms with Crippen LogP contribution >= 0.6 is 0 Å². The summed E-state index contributed by atoms with van der Waals surface area (Å²) in [7, 11) is 0. The zero-order valence-corrected chi connectivity index (χ0v) is 6.72. The molecule has 0 radical (unpaired) electrons. The lowest BCUT2D eigenvalue weighted by atomic mass is 9.93. The Bertz CT molecular complexity index is 264. The quantitative estimate of drug-likeness (QED) is 0.582. The van der Waals surface area contributed by atoms with Crippen molar-refractivity contribution in [1.29, 1.82) is 0 Å². The maximum Gasteiger partial charge on any atom is 0.0823 e. The van der Waals surface area contributed by atoms with Crippen molar-refractivity contribution in [3.63, 3.8) is 0 Å². The molecule has 1 aliphatic rings. The molecule has 60 valence electrons. The zero-order valence-electron chi connectivity index (χ0n) is 6.72. The molecule has 0 fully saturated rings. The van der Waals surface area contributed by atoms with E-state index in [1.54, 1.807) is 0 Å². The van der Waals surface area contributed by atoms with E-state index >= 15 is 0 Å². The summed E-state index contributed by atoms with van der Waals surface area (Å²) in [6, 6.07) is 0.170. The van der Waals surface area contributed by atoms with Crippen molar-refractivity contribution in [2.75, 3.05) is 0 Å². The minimum absolute atomic E-state index is 0.170. The summed E-state index contributed by atoms with van der Waals surface area (Å²) in [6.45, 7) is 2.06. The minimum Gasteiger partial charge on any atom is -0.323 e. The second-order valence-electron chi connectivity index (χ2n) is 3.21. The van der Waals surface area contributed by atoms with Crippen LogP contribution in [-0.4, -0.2) is 10.2 Å². The SMILES string of the molecule is Cc1[nH]nc2c1CCCC2N. The average molecular weight is 151 g/mol. The molecule has 0 aromatic carbocycles. The Balaban J connectivity index is 2.46. The molecule has 3 heteroatoms. The van der Waals surface area contributed by atoms with Gasteiger partial charge in [0.2, 0.25) is 0 Å². The molecule has 1 aromatic rings. The molecule has 0 amide bonds. The molecule has 11 heavy (non-hydrogen) atoms. The summed E-state index contributed by atoms with van der Waals surface area (Å²) < 4.78 is 0. The van der Waals surface area contributed by atoms with Crippen molar-refractivity contribution in [3.8, 4) is 0 Å². The summed E-state index contributed by atoms with van der Waals surface area (Å²) in [6.07, 6.45) is 3.43. The van der Waals surface area contributed by atoms with Crippen molar-refractivity contribution in [1.82, 2.24) is 10.2 Å². The van der Waals surface area contributed by atoms with Gasteiger partial charge in [0, 0.05) is 11.7 Å². The van der Waals surface area contributed by atoms with Gasteiger partial charge >= 0.3 is 0 Å². The lowest BCUT2D eigenvalue weighted by molar-refractivity contribution is 0.558. The molecule has 2 rings (SSSR count). The van der Waals surface area contributed by atoms with Crippen molar-refractivity contribution in [2.45, 2.75) is 32.2 Å². The Morgan fingerprint density at radius 3 is 3.18 bits per heavy atom. The summed E-state index contributed by atoms with van der Waals surface area (Å²) in [4.78, 5) is 0. The summed E-state index contributed by atoms with van der Waals surface area (Å²) in [5, 5.41) is 7.17. The van der Waals surface area contributed by atoms with E-state index in [1.807, 2.05) is 0 Å². The van der Waals surface area contributed by atoms with E-state index < -0.39 is 0 Å². The highest BCUT2D eigenvalue weighted by Crippen LogP contribution is 2.27.